The Balaban J connectivity index is 2.75. The number of unbranched alkanes of at least 4 members (excludes halogenated alkanes) is 2. The predicted molar refractivity (Wildman–Crippen MR) is 46.1 cm³/mol. The third kappa shape index (κ3) is 8.17. The van der Waals surface area contributed by atoms with E-state index in [0.717, 1.165) is 0 Å². The molecule has 0 N–H and O–H groups in total. The maximum atomic E-state index is 2.24. The normalized spacial score (nSPS) is 12.2. The highest BCUT2D eigenvalue weighted by Gasteiger charge is 1.82. The van der Waals surface area contributed by atoms with Gasteiger partial charge in [-0.1, -0.05) is 40.2 Å². The Bertz CT molecular complexity index is 67.0. The molecular formula is C8H16P. The fourth-order valence-corrected chi connectivity index (χ4v) is 1.40. The largest absolute Gasteiger partial charge is 0.0868 e. The fraction of sp³-hybridized carbons (Fsp3) is 0.750. The van der Waals surface area contributed by atoms with Gasteiger partial charge in [-0.3, -0.25) is 0 Å². The fourth-order valence-electron chi connectivity index (χ4n) is 0.633. The van der Waals surface area contributed by atoms with Crippen LogP contribution in [0.2, 0.25) is 0 Å². The van der Waals surface area contributed by atoms with Gasteiger partial charge in [0.25, 0.3) is 0 Å². The van der Waals surface area contributed by atoms with Crippen molar-refractivity contribution in [3.63, 3.8) is 0 Å². The van der Waals surface area contributed by atoms with Gasteiger partial charge >= 0.3 is 0 Å². The Morgan fingerprint density at radius 2 is 2.11 bits per heavy atom. The van der Waals surface area contributed by atoms with Crippen LogP contribution in [0, 0.1) is 0 Å². The molecule has 0 aliphatic heterocycles. The first-order valence-electron chi connectivity index (χ1n) is 3.69. The molecule has 0 unspecified atom stereocenters. The lowest BCUT2D eigenvalue weighted by Crippen LogP contribution is -1.73. The molecule has 0 saturated carbocycles. The lowest BCUT2D eigenvalue weighted by Gasteiger charge is -1.91. The second-order valence-electron chi connectivity index (χ2n) is 2.10. The topological polar surface area (TPSA) is 0 Å². The lowest BCUT2D eigenvalue weighted by molar-refractivity contribution is 0.778. The SMILES string of the molecule is C/C=C\[P]CCCCC. The molecule has 0 atom stereocenters. The predicted octanol–water partition coefficient (Wildman–Crippen LogP) is 3.66. The van der Waals surface area contributed by atoms with Crippen LogP contribution >= 0.6 is 8.58 Å². The van der Waals surface area contributed by atoms with E-state index in [0.29, 0.717) is 0 Å². The van der Waals surface area contributed by atoms with Crippen molar-refractivity contribution in [3.8, 4) is 0 Å². The van der Waals surface area contributed by atoms with Gasteiger partial charge in [0.05, 0.1) is 0 Å². The Morgan fingerprint density at radius 3 is 2.67 bits per heavy atom. The summed E-state index contributed by atoms with van der Waals surface area (Å²) in [6, 6.07) is 0. The summed E-state index contributed by atoms with van der Waals surface area (Å²) in [7, 11) is 1.49. The van der Waals surface area contributed by atoms with Crippen molar-refractivity contribution in [2.24, 2.45) is 0 Å². The molecule has 53 valence electrons. The number of rotatable bonds is 5. The average molecular weight is 143 g/mol. The van der Waals surface area contributed by atoms with Gasteiger partial charge in [-0.25, -0.2) is 0 Å². The molecular weight excluding hydrogens is 127 g/mol. The van der Waals surface area contributed by atoms with Gasteiger partial charge in [0, 0.05) is 0 Å². The first-order chi connectivity index (χ1) is 4.41. The van der Waals surface area contributed by atoms with Crippen LogP contribution in [-0.2, 0) is 0 Å². The molecule has 1 radical (unpaired) electrons. The summed E-state index contributed by atoms with van der Waals surface area (Å²) in [4.78, 5) is 0. The second-order valence-corrected chi connectivity index (χ2v) is 3.21. The van der Waals surface area contributed by atoms with Crippen LogP contribution in [-0.4, -0.2) is 6.16 Å². The molecule has 1 heteroatoms. The highest BCUT2D eigenvalue weighted by molar-refractivity contribution is 7.41. The molecule has 9 heavy (non-hydrogen) atoms. The Labute approximate surface area is 60.5 Å². The van der Waals surface area contributed by atoms with Crippen molar-refractivity contribution in [2.45, 2.75) is 33.1 Å². The number of hydrogen-bond donors (Lipinski definition) is 0. The minimum absolute atomic E-state index is 1.34. The number of allylic oxidation sites excluding steroid dienone is 1. The standard InChI is InChI=1S/C8H16P/c1-3-5-6-8-9-7-4-2/h4,7H,3,5-6,8H2,1-2H3/b7-4-. The van der Waals surface area contributed by atoms with E-state index in [2.05, 4.69) is 25.7 Å². The highest BCUT2D eigenvalue weighted by atomic mass is 31.1. The summed E-state index contributed by atoms with van der Waals surface area (Å²) in [5.74, 6) is 2.22. The van der Waals surface area contributed by atoms with E-state index in [9.17, 15) is 0 Å². The molecule has 0 aromatic rings. The zero-order chi connectivity index (χ0) is 6.95. The second kappa shape index (κ2) is 8.17. The highest BCUT2D eigenvalue weighted by Crippen LogP contribution is 2.13. The summed E-state index contributed by atoms with van der Waals surface area (Å²) >= 11 is 0. The van der Waals surface area contributed by atoms with E-state index >= 15 is 0 Å². The van der Waals surface area contributed by atoms with Gasteiger partial charge in [0.15, 0.2) is 0 Å². The summed E-state index contributed by atoms with van der Waals surface area (Å²) in [6.07, 6.45) is 7.59. The summed E-state index contributed by atoms with van der Waals surface area (Å²) in [6.45, 7) is 4.32. The van der Waals surface area contributed by atoms with Crippen LogP contribution in [0.5, 0.6) is 0 Å². The lowest BCUT2D eigenvalue weighted by atomic mass is 10.3. The van der Waals surface area contributed by atoms with Crippen molar-refractivity contribution in [2.75, 3.05) is 6.16 Å². The van der Waals surface area contributed by atoms with Crippen molar-refractivity contribution in [3.05, 3.63) is 11.9 Å². The van der Waals surface area contributed by atoms with Gasteiger partial charge in [0.1, 0.15) is 0 Å². The first-order valence-corrected chi connectivity index (χ1v) is 4.84. The zero-order valence-corrected chi connectivity index (χ0v) is 7.32. The molecule has 0 spiro atoms. The maximum absolute atomic E-state index is 2.24. The zero-order valence-electron chi connectivity index (χ0n) is 6.43. The van der Waals surface area contributed by atoms with E-state index in [-0.39, 0.29) is 0 Å². The van der Waals surface area contributed by atoms with Crippen LogP contribution in [0.1, 0.15) is 33.1 Å². The third-order valence-electron chi connectivity index (χ3n) is 1.15. The van der Waals surface area contributed by atoms with Crippen LogP contribution in [0.4, 0.5) is 0 Å². The average Bonchev–Trinajstić information content (AvgIpc) is 1.89. The van der Waals surface area contributed by atoms with Crippen molar-refractivity contribution in [1.82, 2.24) is 0 Å². The first kappa shape index (κ1) is 9.17. The minimum atomic E-state index is 1.34. The van der Waals surface area contributed by atoms with Crippen LogP contribution in [0.25, 0.3) is 0 Å². The third-order valence-corrected chi connectivity index (χ3v) is 2.23. The molecule has 0 fully saturated rings. The Morgan fingerprint density at radius 1 is 1.33 bits per heavy atom. The molecule has 0 saturated heterocycles. The molecule has 0 nitrogen and oxygen atoms in total. The minimum Gasteiger partial charge on any atom is -0.0868 e. The summed E-state index contributed by atoms with van der Waals surface area (Å²) < 4.78 is 0. The summed E-state index contributed by atoms with van der Waals surface area (Å²) in [5, 5.41) is 0. The molecule has 0 aromatic carbocycles. The molecule has 0 aliphatic carbocycles. The summed E-state index contributed by atoms with van der Waals surface area (Å²) in [5.41, 5.74) is 0. The van der Waals surface area contributed by atoms with Gasteiger partial charge in [-0.15, -0.1) is 0 Å². The molecule has 0 amide bonds. The molecule has 0 aliphatic rings. The molecule has 0 aromatic heterocycles. The van der Waals surface area contributed by atoms with Crippen LogP contribution < -0.4 is 0 Å². The monoisotopic (exact) mass is 143 g/mol. The Hall–Kier alpha value is 0.170. The smallest absolute Gasteiger partial charge is 0.0250 e. The van der Waals surface area contributed by atoms with Gasteiger partial charge in [-0.2, -0.15) is 0 Å². The molecule has 0 heterocycles. The van der Waals surface area contributed by atoms with Crippen LogP contribution in [0.3, 0.4) is 0 Å². The van der Waals surface area contributed by atoms with Crippen molar-refractivity contribution < 1.29 is 0 Å². The Kier molecular flexibility index (Phi) is 8.32. The van der Waals surface area contributed by atoms with Crippen molar-refractivity contribution >= 4 is 8.58 Å². The van der Waals surface area contributed by atoms with Crippen molar-refractivity contribution in [1.29, 1.82) is 0 Å². The molecule has 0 bridgehead atoms. The van der Waals surface area contributed by atoms with E-state index in [1.54, 1.807) is 0 Å². The van der Waals surface area contributed by atoms with Crippen LogP contribution in [0.15, 0.2) is 11.9 Å². The van der Waals surface area contributed by atoms with E-state index in [4.69, 9.17) is 0 Å². The van der Waals surface area contributed by atoms with E-state index < -0.39 is 0 Å². The van der Waals surface area contributed by atoms with E-state index in [1.165, 1.54) is 34.0 Å². The van der Waals surface area contributed by atoms with Gasteiger partial charge in [-0.05, 0) is 19.5 Å². The maximum Gasteiger partial charge on any atom is -0.0250 e. The van der Waals surface area contributed by atoms with Gasteiger partial charge in [0.2, 0.25) is 0 Å². The molecule has 0 rings (SSSR count). The quantitative estimate of drug-likeness (QED) is 0.407. The van der Waals surface area contributed by atoms with Gasteiger partial charge < -0.3 is 0 Å². The van der Waals surface area contributed by atoms with E-state index in [1.807, 2.05) is 0 Å². The number of hydrogen-bond acceptors (Lipinski definition) is 0.